The Morgan fingerprint density at radius 1 is 1.04 bits per heavy atom. The predicted molar refractivity (Wildman–Crippen MR) is 104 cm³/mol. The van der Waals surface area contributed by atoms with Crippen molar-refractivity contribution in [2.24, 2.45) is 11.1 Å². The molecule has 1 aliphatic carbocycles. The van der Waals surface area contributed by atoms with Gasteiger partial charge < -0.3 is 10.5 Å². The van der Waals surface area contributed by atoms with Crippen molar-refractivity contribution in [2.45, 2.75) is 84.0 Å². The van der Waals surface area contributed by atoms with Crippen molar-refractivity contribution in [3.05, 3.63) is 29.3 Å². The third-order valence-corrected chi connectivity index (χ3v) is 5.73. The zero-order valence-corrected chi connectivity index (χ0v) is 16.7. The summed E-state index contributed by atoms with van der Waals surface area (Å²) in [6, 6.07) is 6.82. The number of benzene rings is 1. The van der Waals surface area contributed by atoms with Crippen molar-refractivity contribution >= 4 is 0 Å². The van der Waals surface area contributed by atoms with Crippen LogP contribution >= 0.6 is 0 Å². The molecule has 1 aromatic carbocycles. The summed E-state index contributed by atoms with van der Waals surface area (Å²) in [7, 11) is 1.78. The number of nitrogens with two attached hydrogens (primary N) is 1. The zero-order chi connectivity index (χ0) is 18.0. The lowest BCUT2D eigenvalue weighted by Crippen LogP contribution is -2.38. The quantitative estimate of drug-likeness (QED) is 0.765. The zero-order valence-electron chi connectivity index (χ0n) is 16.7. The fraction of sp³-hybridized carbons (Fsp3) is 0.727. The molecule has 136 valence electrons. The maximum Gasteiger partial charge on any atom is 0.122 e. The highest BCUT2D eigenvalue weighted by Crippen LogP contribution is 2.45. The van der Waals surface area contributed by atoms with Gasteiger partial charge in [-0.05, 0) is 41.7 Å². The van der Waals surface area contributed by atoms with Crippen LogP contribution in [0.3, 0.4) is 0 Å². The van der Waals surface area contributed by atoms with Crippen LogP contribution in [0.15, 0.2) is 18.2 Å². The number of rotatable bonds is 5. The minimum absolute atomic E-state index is 0.0947. The Morgan fingerprint density at radius 2 is 1.67 bits per heavy atom. The molecule has 1 saturated carbocycles. The molecule has 0 aliphatic heterocycles. The summed E-state index contributed by atoms with van der Waals surface area (Å²) in [6.45, 7) is 12.4. The highest BCUT2D eigenvalue weighted by molar-refractivity contribution is 5.45. The molecule has 0 aromatic heterocycles. The fourth-order valence-electron chi connectivity index (χ4n) is 4.78. The first-order chi connectivity index (χ1) is 11.1. The summed E-state index contributed by atoms with van der Waals surface area (Å²) >= 11 is 0. The number of ether oxygens (including phenoxy) is 1. The minimum atomic E-state index is 0.0947. The van der Waals surface area contributed by atoms with Crippen LogP contribution in [0.2, 0.25) is 0 Å². The normalized spacial score (nSPS) is 18.5. The van der Waals surface area contributed by atoms with Crippen LogP contribution in [0.4, 0.5) is 0 Å². The van der Waals surface area contributed by atoms with Crippen LogP contribution in [0.5, 0.6) is 5.75 Å². The summed E-state index contributed by atoms with van der Waals surface area (Å²) in [5.41, 5.74) is 9.59. The molecular formula is C22H37NO. The van der Waals surface area contributed by atoms with Crippen LogP contribution in [0.1, 0.15) is 84.3 Å². The molecule has 2 N–H and O–H groups in total. The van der Waals surface area contributed by atoms with E-state index >= 15 is 0 Å². The summed E-state index contributed by atoms with van der Waals surface area (Å²) < 4.78 is 5.74. The Hall–Kier alpha value is -1.02. The van der Waals surface area contributed by atoms with E-state index in [1.807, 2.05) is 0 Å². The summed E-state index contributed by atoms with van der Waals surface area (Å²) in [4.78, 5) is 0. The van der Waals surface area contributed by atoms with Gasteiger partial charge in [0, 0.05) is 17.5 Å². The Bertz CT molecular complexity index is 548. The van der Waals surface area contributed by atoms with Crippen LogP contribution in [-0.4, -0.2) is 13.7 Å². The molecule has 2 rings (SSSR count). The van der Waals surface area contributed by atoms with Gasteiger partial charge in [-0.15, -0.1) is 0 Å². The van der Waals surface area contributed by atoms with Gasteiger partial charge in [-0.3, -0.25) is 0 Å². The molecule has 1 aliphatic rings. The topological polar surface area (TPSA) is 35.2 Å². The van der Waals surface area contributed by atoms with Gasteiger partial charge in [0.15, 0.2) is 0 Å². The molecule has 0 bridgehead atoms. The smallest absolute Gasteiger partial charge is 0.122 e. The van der Waals surface area contributed by atoms with Crippen LogP contribution < -0.4 is 10.5 Å². The van der Waals surface area contributed by atoms with Gasteiger partial charge in [-0.1, -0.05) is 66.0 Å². The van der Waals surface area contributed by atoms with E-state index < -0.39 is 0 Å². The first-order valence-corrected chi connectivity index (χ1v) is 9.53. The van der Waals surface area contributed by atoms with Crippen molar-refractivity contribution < 1.29 is 4.74 Å². The van der Waals surface area contributed by atoms with E-state index in [1.165, 1.54) is 43.2 Å². The Morgan fingerprint density at radius 3 is 2.17 bits per heavy atom. The number of methoxy groups -OCH3 is 1. The van der Waals surface area contributed by atoms with Crippen molar-refractivity contribution in [3.8, 4) is 5.75 Å². The molecule has 0 atom stereocenters. The standard InChI is InChI=1S/C22H37NO/c1-20(2,3)15-21(4,5)17-10-11-19(24-6)18(14-17)22(16-23)12-8-7-9-13-22/h10-11,14H,7-9,12-13,15-16,23H2,1-6H3. The molecule has 0 saturated heterocycles. The van der Waals surface area contributed by atoms with Crippen molar-refractivity contribution in [1.29, 1.82) is 0 Å². The van der Waals surface area contributed by atoms with Crippen molar-refractivity contribution in [1.82, 2.24) is 0 Å². The maximum absolute atomic E-state index is 6.30. The SMILES string of the molecule is COc1ccc(C(C)(C)CC(C)(C)C)cc1C1(CN)CCCCC1. The van der Waals surface area contributed by atoms with Crippen LogP contribution in [0.25, 0.3) is 0 Å². The van der Waals surface area contributed by atoms with E-state index in [-0.39, 0.29) is 10.8 Å². The Balaban J connectivity index is 2.47. The molecule has 2 heteroatoms. The van der Waals surface area contributed by atoms with E-state index in [4.69, 9.17) is 10.5 Å². The van der Waals surface area contributed by atoms with E-state index in [0.29, 0.717) is 12.0 Å². The Kier molecular flexibility index (Phi) is 5.69. The average molecular weight is 332 g/mol. The van der Waals surface area contributed by atoms with E-state index in [0.717, 1.165) is 12.2 Å². The van der Waals surface area contributed by atoms with Crippen LogP contribution in [0, 0.1) is 5.41 Å². The van der Waals surface area contributed by atoms with Gasteiger partial charge in [0.1, 0.15) is 5.75 Å². The van der Waals surface area contributed by atoms with Gasteiger partial charge in [0.2, 0.25) is 0 Å². The maximum atomic E-state index is 6.30. The highest BCUT2D eigenvalue weighted by atomic mass is 16.5. The van der Waals surface area contributed by atoms with Gasteiger partial charge in [-0.25, -0.2) is 0 Å². The molecule has 0 spiro atoms. The lowest BCUT2D eigenvalue weighted by molar-refractivity contribution is 0.277. The van der Waals surface area contributed by atoms with Crippen LogP contribution in [-0.2, 0) is 10.8 Å². The van der Waals surface area contributed by atoms with Gasteiger partial charge in [-0.2, -0.15) is 0 Å². The van der Waals surface area contributed by atoms with E-state index in [1.54, 1.807) is 7.11 Å². The summed E-state index contributed by atoms with van der Waals surface area (Å²) in [6.07, 6.45) is 7.40. The van der Waals surface area contributed by atoms with E-state index in [2.05, 4.69) is 52.8 Å². The predicted octanol–water partition coefficient (Wildman–Crippen LogP) is 5.57. The third kappa shape index (κ3) is 4.14. The Labute approximate surface area is 149 Å². The molecule has 0 radical (unpaired) electrons. The number of hydrogen-bond acceptors (Lipinski definition) is 2. The monoisotopic (exact) mass is 331 g/mol. The lowest BCUT2D eigenvalue weighted by atomic mass is 9.67. The van der Waals surface area contributed by atoms with Gasteiger partial charge in [0.25, 0.3) is 0 Å². The number of hydrogen-bond donors (Lipinski definition) is 1. The molecule has 24 heavy (non-hydrogen) atoms. The van der Waals surface area contributed by atoms with Gasteiger partial charge in [0.05, 0.1) is 7.11 Å². The molecular weight excluding hydrogens is 294 g/mol. The second-order valence-corrected chi connectivity index (χ2v) is 9.58. The second-order valence-electron chi connectivity index (χ2n) is 9.58. The first-order valence-electron chi connectivity index (χ1n) is 9.53. The molecule has 0 heterocycles. The third-order valence-electron chi connectivity index (χ3n) is 5.73. The summed E-state index contributed by atoms with van der Waals surface area (Å²) in [5, 5.41) is 0. The van der Waals surface area contributed by atoms with E-state index in [9.17, 15) is 0 Å². The molecule has 1 fully saturated rings. The summed E-state index contributed by atoms with van der Waals surface area (Å²) in [5.74, 6) is 1.01. The van der Waals surface area contributed by atoms with Crippen molar-refractivity contribution in [3.63, 3.8) is 0 Å². The molecule has 0 unspecified atom stereocenters. The molecule has 2 nitrogen and oxygen atoms in total. The van der Waals surface area contributed by atoms with Gasteiger partial charge >= 0.3 is 0 Å². The first kappa shape index (κ1) is 19.3. The molecule has 1 aromatic rings. The fourth-order valence-corrected chi connectivity index (χ4v) is 4.78. The minimum Gasteiger partial charge on any atom is -0.496 e. The largest absolute Gasteiger partial charge is 0.496 e. The van der Waals surface area contributed by atoms with Crippen molar-refractivity contribution in [2.75, 3.05) is 13.7 Å². The molecule has 0 amide bonds. The lowest BCUT2D eigenvalue weighted by Gasteiger charge is -2.39. The average Bonchev–Trinajstić information content (AvgIpc) is 2.52. The second kappa shape index (κ2) is 7.07. The highest BCUT2D eigenvalue weighted by Gasteiger charge is 2.36.